The summed E-state index contributed by atoms with van der Waals surface area (Å²) in [7, 11) is -2.20. The number of benzene rings is 2. The van der Waals surface area contributed by atoms with Gasteiger partial charge in [-0.1, -0.05) is 12.1 Å². The van der Waals surface area contributed by atoms with E-state index in [1.54, 1.807) is 30.1 Å². The Bertz CT molecular complexity index is 1310. The van der Waals surface area contributed by atoms with Crippen molar-refractivity contribution in [2.24, 2.45) is 0 Å². The summed E-state index contributed by atoms with van der Waals surface area (Å²) in [5.74, 6) is -1.62. The SMILES string of the molecule is COc1ccc(CN(c2cscn2)S(=O)(=O)c2ccc(NC3CCNC3)c(C)c2)cc1.O=C(O)C(F)(F)F. The van der Waals surface area contributed by atoms with Gasteiger partial charge >= 0.3 is 12.1 Å². The molecule has 3 aromatic rings. The third kappa shape index (κ3) is 7.58. The van der Waals surface area contributed by atoms with E-state index in [9.17, 15) is 21.6 Å². The fourth-order valence-corrected chi connectivity index (χ4v) is 5.69. The first-order valence-electron chi connectivity index (χ1n) is 11.3. The van der Waals surface area contributed by atoms with Gasteiger partial charge in [0.25, 0.3) is 10.0 Å². The molecule has 0 saturated carbocycles. The van der Waals surface area contributed by atoms with Crippen LogP contribution in [0.5, 0.6) is 5.75 Å². The van der Waals surface area contributed by atoms with Crippen LogP contribution in [0.25, 0.3) is 0 Å². The van der Waals surface area contributed by atoms with Gasteiger partial charge < -0.3 is 20.5 Å². The van der Waals surface area contributed by atoms with Crippen molar-refractivity contribution < 1.29 is 36.2 Å². The van der Waals surface area contributed by atoms with Gasteiger partial charge in [0.05, 0.1) is 24.1 Å². The minimum atomic E-state index is -5.08. The maximum absolute atomic E-state index is 13.6. The lowest BCUT2D eigenvalue weighted by molar-refractivity contribution is -0.192. The van der Waals surface area contributed by atoms with Crippen LogP contribution < -0.4 is 19.7 Å². The highest BCUT2D eigenvalue weighted by atomic mass is 32.2. The van der Waals surface area contributed by atoms with Gasteiger partial charge in [0, 0.05) is 23.7 Å². The number of aryl methyl sites for hydroxylation is 1. The van der Waals surface area contributed by atoms with Crippen molar-refractivity contribution in [3.8, 4) is 5.75 Å². The van der Waals surface area contributed by atoms with Crippen molar-refractivity contribution in [1.82, 2.24) is 10.3 Å². The summed E-state index contributed by atoms with van der Waals surface area (Å²) in [6.07, 6.45) is -4.03. The van der Waals surface area contributed by atoms with Crippen LogP contribution in [-0.4, -0.2) is 56.9 Å². The number of halogens is 3. The predicted molar refractivity (Wildman–Crippen MR) is 138 cm³/mol. The Hall–Kier alpha value is -3.36. The van der Waals surface area contributed by atoms with Gasteiger partial charge in [-0.15, -0.1) is 11.3 Å². The van der Waals surface area contributed by atoms with E-state index >= 15 is 0 Å². The second-order valence-electron chi connectivity index (χ2n) is 8.32. The van der Waals surface area contributed by atoms with Crippen LogP contribution in [0.4, 0.5) is 24.7 Å². The molecule has 0 bridgehead atoms. The smallest absolute Gasteiger partial charge is 0.490 e. The topological polar surface area (TPSA) is 121 Å². The third-order valence-corrected chi connectivity index (χ3v) is 7.93. The molecule has 3 N–H and O–H groups in total. The van der Waals surface area contributed by atoms with E-state index in [1.807, 2.05) is 37.3 Å². The van der Waals surface area contributed by atoms with Crippen LogP contribution in [0, 0.1) is 6.92 Å². The van der Waals surface area contributed by atoms with Crippen LogP contribution in [0.2, 0.25) is 0 Å². The monoisotopic (exact) mass is 572 g/mol. The van der Waals surface area contributed by atoms with E-state index < -0.39 is 22.2 Å². The molecular formula is C24H27F3N4O5S2. The second kappa shape index (κ2) is 12.5. The number of sulfonamides is 1. The molecule has 1 fully saturated rings. The van der Waals surface area contributed by atoms with Crippen LogP contribution in [0.1, 0.15) is 17.5 Å². The standard InChI is InChI=1S/C22H26N4O3S2.C2HF3O2/c1-16-11-20(7-8-21(16)25-18-9-10-23-12-18)31(27,28)26(22-14-30-15-24-22)13-17-3-5-19(29-2)6-4-17;3-2(4,5)1(6)7/h3-8,11,14-15,18,23,25H,9-10,12-13H2,1-2H3;(H,6,7). The van der Waals surface area contributed by atoms with Crippen molar-refractivity contribution in [2.75, 3.05) is 29.8 Å². The average Bonchev–Trinajstić information content (AvgIpc) is 3.58. The van der Waals surface area contributed by atoms with Crippen LogP contribution in [0.15, 0.2) is 58.3 Å². The van der Waals surface area contributed by atoms with Crippen molar-refractivity contribution in [2.45, 2.75) is 37.0 Å². The number of hydrogen-bond acceptors (Lipinski definition) is 8. The summed E-state index contributed by atoms with van der Waals surface area (Å²) in [6.45, 7) is 4.03. The zero-order valence-electron chi connectivity index (χ0n) is 20.5. The average molecular weight is 573 g/mol. The van der Waals surface area contributed by atoms with Gasteiger partial charge in [-0.2, -0.15) is 13.2 Å². The number of aliphatic carboxylic acids is 1. The Kier molecular flexibility index (Phi) is 9.57. The van der Waals surface area contributed by atoms with Gasteiger partial charge in [0.2, 0.25) is 0 Å². The molecule has 0 amide bonds. The highest BCUT2D eigenvalue weighted by molar-refractivity contribution is 7.92. The maximum atomic E-state index is 13.6. The molecule has 9 nitrogen and oxygen atoms in total. The number of hydrogen-bond donors (Lipinski definition) is 3. The zero-order valence-corrected chi connectivity index (χ0v) is 22.2. The lowest BCUT2D eigenvalue weighted by atomic mass is 10.1. The summed E-state index contributed by atoms with van der Waals surface area (Å²) in [5, 5.41) is 15.7. The fourth-order valence-electron chi connectivity index (χ4n) is 3.60. The molecule has 1 aliphatic heterocycles. The van der Waals surface area contributed by atoms with Crippen LogP contribution in [-0.2, 0) is 21.4 Å². The Morgan fingerprint density at radius 2 is 1.95 bits per heavy atom. The minimum Gasteiger partial charge on any atom is -0.497 e. The van der Waals surface area contributed by atoms with Crippen molar-refractivity contribution in [1.29, 1.82) is 0 Å². The number of nitrogens with one attached hydrogen (secondary N) is 2. The van der Waals surface area contributed by atoms with E-state index in [0.717, 1.165) is 42.1 Å². The van der Waals surface area contributed by atoms with Crippen LogP contribution >= 0.6 is 11.3 Å². The summed E-state index contributed by atoms with van der Waals surface area (Å²) < 4.78 is 65.5. The number of carbonyl (C=O) groups is 1. The lowest BCUT2D eigenvalue weighted by Gasteiger charge is -2.23. The summed E-state index contributed by atoms with van der Waals surface area (Å²) in [4.78, 5) is 13.4. The molecule has 0 aliphatic carbocycles. The minimum absolute atomic E-state index is 0.183. The molecule has 1 saturated heterocycles. The molecule has 0 spiro atoms. The van der Waals surface area contributed by atoms with Gasteiger partial charge in [-0.25, -0.2) is 22.5 Å². The molecule has 1 aliphatic rings. The lowest BCUT2D eigenvalue weighted by Crippen LogP contribution is -2.31. The normalized spacial score (nSPS) is 15.3. The van der Waals surface area contributed by atoms with E-state index in [4.69, 9.17) is 14.6 Å². The summed E-state index contributed by atoms with van der Waals surface area (Å²) in [5.41, 5.74) is 4.35. The molecule has 14 heteroatoms. The zero-order chi connectivity index (χ0) is 27.9. The predicted octanol–water partition coefficient (Wildman–Crippen LogP) is 4.26. The number of nitrogens with zero attached hydrogens (tertiary/aromatic N) is 2. The number of alkyl halides is 3. The number of methoxy groups -OCH3 is 1. The van der Waals surface area contributed by atoms with E-state index in [2.05, 4.69) is 15.6 Å². The van der Waals surface area contributed by atoms with Gasteiger partial charge in [0.1, 0.15) is 5.75 Å². The fraction of sp³-hybridized carbons (Fsp3) is 0.333. The van der Waals surface area contributed by atoms with Gasteiger partial charge in [0.15, 0.2) is 5.82 Å². The molecule has 4 rings (SSSR count). The molecule has 38 heavy (non-hydrogen) atoms. The molecule has 2 aromatic carbocycles. The van der Waals surface area contributed by atoms with Crippen LogP contribution in [0.3, 0.4) is 0 Å². The number of rotatable bonds is 8. The Balaban J connectivity index is 0.000000505. The summed E-state index contributed by atoms with van der Waals surface area (Å²) in [6, 6.07) is 13.0. The molecule has 1 unspecified atom stereocenters. The van der Waals surface area contributed by atoms with Crippen molar-refractivity contribution >= 4 is 38.8 Å². The largest absolute Gasteiger partial charge is 0.497 e. The first-order chi connectivity index (χ1) is 17.9. The van der Waals surface area contributed by atoms with Crippen molar-refractivity contribution in [3.63, 3.8) is 0 Å². The third-order valence-electron chi connectivity index (χ3n) is 5.61. The highest BCUT2D eigenvalue weighted by Crippen LogP contribution is 2.29. The molecule has 206 valence electrons. The van der Waals surface area contributed by atoms with Crippen molar-refractivity contribution in [3.05, 3.63) is 64.5 Å². The number of ether oxygens (including phenoxy) is 1. The molecular weight excluding hydrogens is 545 g/mol. The molecule has 2 heterocycles. The maximum Gasteiger partial charge on any atom is 0.490 e. The van der Waals surface area contributed by atoms with E-state index in [1.165, 1.54) is 15.6 Å². The first kappa shape index (κ1) is 29.2. The Labute approximate surface area is 222 Å². The number of thiazole rings is 1. The van der Waals surface area contributed by atoms with E-state index in [0.29, 0.717) is 11.9 Å². The molecule has 0 radical (unpaired) electrons. The second-order valence-corrected chi connectivity index (χ2v) is 10.9. The highest BCUT2D eigenvalue weighted by Gasteiger charge is 2.38. The molecule has 1 aromatic heterocycles. The number of carboxylic acids is 1. The Morgan fingerprint density at radius 1 is 1.26 bits per heavy atom. The molecule has 1 atom stereocenters. The van der Waals surface area contributed by atoms with Gasteiger partial charge in [-0.05, 0) is 61.3 Å². The quantitative estimate of drug-likeness (QED) is 0.366. The number of aromatic nitrogens is 1. The summed E-state index contributed by atoms with van der Waals surface area (Å²) >= 11 is 1.37. The number of carboxylic acid groups (broad SMARTS) is 1. The van der Waals surface area contributed by atoms with Gasteiger partial charge in [-0.3, -0.25) is 0 Å². The number of anilines is 2. The van der Waals surface area contributed by atoms with E-state index in [-0.39, 0.29) is 11.4 Å². The first-order valence-corrected chi connectivity index (χ1v) is 13.7. The Morgan fingerprint density at radius 3 is 2.45 bits per heavy atom.